The van der Waals surface area contributed by atoms with E-state index in [-0.39, 0.29) is 0 Å². The summed E-state index contributed by atoms with van der Waals surface area (Å²) in [6, 6.07) is 4.31. The van der Waals surface area contributed by atoms with Gasteiger partial charge >= 0.3 is 0 Å². The molecule has 1 aromatic heterocycles. The third-order valence-electron chi connectivity index (χ3n) is 1.84. The number of hydrogen-bond acceptors (Lipinski definition) is 2. The van der Waals surface area contributed by atoms with Crippen LogP contribution in [0.3, 0.4) is 0 Å². The number of rotatable bonds is 4. The lowest BCUT2D eigenvalue weighted by Gasteiger charge is -2.09. The van der Waals surface area contributed by atoms with Crippen molar-refractivity contribution in [1.82, 2.24) is 10.3 Å². The van der Waals surface area contributed by atoms with Crippen LogP contribution >= 0.6 is 15.9 Å². The second-order valence-corrected chi connectivity index (χ2v) is 4.07. The minimum atomic E-state index is 0.338. The second kappa shape index (κ2) is 5.79. The molecule has 0 aliphatic carbocycles. The fourth-order valence-electron chi connectivity index (χ4n) is 1.04. The summed E-state index contributed by atoms with van der Waals surface area (Å²) in [4.78, 5) is 4.25. The Morgan fingerprint density at radius 2 is 2.43 bits per heavy atom. The lowest BCUT2D eigenvalue weighted by molar-refractivity contribution is 0.553. The zero-order valence-corrected chi connectivity index (χ0v) is 9.71. The maximum absolute atomic E-state index is 5.21. The van der Waals surface area contributed by atoms with Crippen LogP contribution in [-0.2, 0) is 6.54 Å². The Balaban J connectivity index is 2.39. The lowest BCUT2D eigenvalue weighted by Crippen LogP contribution is -2.25. The molecule has 0 spiro atoms. The van der Waals surface area contributed by atoms with Gasteiger partial charge in [-0.1, -0.05) is 0 Å². The van der Waals surface area contributed by atoms with Crippen LogP contribution in [0.15, 0.2) is 22.8 Å². The molecule has 0 bridgehead atoms. The van der Waals surface area contributed by atoms with E-state index in [1.165, 1.54) is 0 Å². The van der Waals surface area contributed by atoms with Gasteiger partial charge in [-0.2, -0.15) is 0 Å². The van der Waals surface area contributed by atoms with Crippen LogP contribution in [0, 0.1) is 12.3 Å². The summed E-state index contributed by atoms with van der Waals surface area (Å²) in [5, 5.41) is 3.30. The number of pyridine rings is 1. The van der Waals surface area contributed by atoms with Gasteiger partial charge in [-0.15, -0.1) is 12.3 Å². The summed E-state index contributed by atoms with van der Waals surface area (Å²) in [5.41, 5.74) is 1.03. The van der Waals surface area contributed by atoms with Crippen LogP contribution in [0.25, 0.3) is 0 Å². The van der Waals surface area contributed by atoms with Crippen molar-refractivity contribution >= 4 is 15.9 Å². The quantitative estimate of drug-likeness (QED) is 0.833. The van der Waals surface area contributed by atoms with Crippen molar-refractivity contribution in [3.8, 4) is 12.3 Å². The smallest absolute Gasteiger partial charge is 0.0542 e. The molecule has 0 amide bonds. The fourth-order valence-corrected chi connectivity index (χ4v) is 1.27. The van der Waals surface area contributed by atoms with Crippen molar-refractivity contribution in [2.45, 2.75) is 25.9 Å². The van der Waals surface area contributed by atoms with Crippen LogP contribution in [0.1, 0.15) is 19.0 Å². The monoisotopic (exact) mass is 252 g/mol. The second-order valence-electron chi connectivity index (χ2n) is 3.16. The van der Waals surface area contributed by atoms with Gasteiger partial charge in [0.25, 0.3) is 0 Å². The first-order valence-electron chi connectivity index (χ1n) is 4.49. The first-order chi connectivity index (χ1) is 6.72. The van der Waals surface area contributed by atoms with Gasteiger partial charge in [0.2, 0.25) is 0 Å². The molecular formula is C11H13BrN2. The number of nitrogens with one attached hydrogen (secondary N) is 1. The highest BCUT2D eigenvalue weighted by Gasteiger charge is 1.99. The van der Waals surface area contributed by atoms with Gasteiger partial charge in [0.1, 0.15) is 0 Å². The van der Waals surface area contributed by atoms with E-state index in [1.807, 2.05) is 12.1 Å². The Morgan fingerprint density at radius 3 is 3.00 bits per heavy atom. The molecule has 2 nitrogen and oxygen atoms in total. The minimum Gasteiger partial charge on any atom is -0.308 e. The summed E-state index contributed by atoms with van der Waals surface area (Å²) < 4.78 is 0.998. The number of nitrogens with zero attached hydrogens (tertiary/aromatic N) is 1. The van der Waals surface area contributed by atoms with Crippen molar-refractivity contribution < 1.29 is 0 Å². The third-order valence-corrected chi connectivity index (χ3v) is 2.31. The molecule has 74 valence electrons. The van der Waals surface area contributed by atoms with Crippen LogP contribution in [-0.4, -0.2) is 11.0 Å². The average molecular weight is 253 g/mol. The van der Waals surface area contributed by atoms with E-state index >= 15 is 0 Å². The molecule has 1 rings (SSSR count). The summed E-state index contributed by atoms with van der Waals surface area (Å²) >= 11 is 3.34. The van der Waals surface area contributed by atoms with Crippen LogP contribution in [0.5, 0.6) is 0 Å². The summed E-state index contributed by atoms with van der Waals surface area (Å²) in [7, 11) is 0. The first kappa shape index (κ1) is 11.2. The third kappa shape index (κ3) is 3.91. The SMILES string of the molecule is C#CCC(C)NCc1ccc(Br)cn1. The molecule has 3 heteroatoms. The van der Waals surface area contributed by atoms with E-state index in [1.54, 1.807) is 6.20 Å². The van der Waals surface area contributed by atoms with Gasteiger partial charge in [-0.05, 0) is 35.0 Å². The Kier molecular flexibility index (Phi) is 4.64. The zero-order chi connectivity index (χ0) is 10.4. The van der Waals surface area contributed by atoms with Crippen molar-refractivity contribution in [3.63, 3.8) is 0 Å². The molecule has 1 unspecified atom stereocenters. The molecule has 0 fully saturated rings. The standard InChI is InChI=1S/C11H13BrN2/c1-3-4-9(2)13-8-11-6-5-10(12)7-14-11/h1,5-7,9,13H,4,8H2,2H3. The van der Waals surface area contributed by atoms with Gasteiger partial charge < -0.3 is 5.32 Å². The van der Waals surface area contributed by atoms with E-state index in [2.05, 4.69) is 39.1 Å². The topological polar surface area (TPSA) is 24.9 Å². The Bertz CT molecular complexity index is 313. The molecule has 0 aliphatic heterocycles. The van der Waals surface area contributed by atoms with E-state index in [4.69, 9.17) is 6.42 Å². The highest BCUT2D eigenvalue weighted by Crippen LogP contribution is 2.07. The van der Waals surface area contributed by atoms with Crippen LogP contribution in [0.4, 0.5) is 0 Å². The molecule has 1 N–H and O–H groups in total. The Labute approximate surface area is 93.3 Å². The molecule has 0 saturated carbocycles. The maximum Gasteiger partial charge on any atom is 0.0542 e. The zero-order valence-electron chi connectivity index (χ0n) is 8.13. The first-order valence-corrected chi connectivity index (χ1v) is 5.29. The molecule has 1 atom stereocenters. The normalized spacial score (nSPS) is 12.1. The maximum atomic E-state index is 5.21. The highest BCUT2D eigenvalue weighted by molar-refractivity contribution is 9.10. The van der Waals surface area contributed by atoms with E-state index in [0.717, 1.165) is 23.1 Å². The number of halogens is 1. The summed E-state index contributed by atoms with van der Waals surface area (Å²) in [6.07, 6.45) is 7.75. The molecule has 14 heavy (non-hydrogen) atoms. The molecule has 0 aromatic carbocycles. The van der Waals surface area contributed by atoms with Crippen LogP contribution < -0.4 is 5.32 Å². The Hall–Kier alpha value is -0.850. The van der Waals surface area contributed by atoms with Gasteiger partial charge in [-0.3, -0.25) is 4.98 Å². The fraction of sp³-hybridized carbons (Fsp3) is 0.364. The van der Waals surface area contributed by atoms with Crippen molar-refractivity contribution in [2.75, 3.05) is 0 Å². The van der Waals surface area contributed by atoms with Gasteiger partial charge in [-0.25, -0.2) is 0 Å². The van der Waals surface area contributed by atoms with Gasteiger partial charge in [0.15, 0.2) is 0 Å². The minimum absolute atomic E-state index is 0.338. The average Bonchev–Trinajstić information content (AvgIpc) is 2.17. The molecule has 1 heterocycles. The predicted octanol–water partition coefficient (Wildman–Crippen LogP) is 2.35. The van der Waals surface area contributed by atoms with Crippen molar-refractivity contribution in [1.29, 1.82) is 0 Å². The van der Waals surface area contributed by atoms with E-state index in [0.29, 0.717) is 6.04 Å². The summed E-state index contributed by atoms with van der Waals surface area (Å²) in [6.45, 7) is 2.83. The largest absolute Gasteiger partial charge is 0.308 e. The molecule has 0 saturated heterocycles. The molecule has 0 radical (unpaired) electrons. The number of terminal acetylenes is 1. The molecule has 1 aromatic rings. The van der Waals surface area contributed by atoms with Gasteiger partial charge in [0.05, 0.1) is 5.69 Å². The van der Waals surface area contributed by atoms with Gasteiger partial charge in [0, 0.05) is 29.7 Å². The lowest BCUT2D eigenvalue weighted by atomic mass is 10.2. The summed E-state index contributed by atoms with van der Waals surface area (Å²) in [5.74, 6) is 2.62. The van der Waals surface area contributed by atoms with E-state index in [9.17, 15) is 0 Å². The highest BCUT2D eigenvalue weighted by atomic mass is 79.9. The predicted molar refractivity (Wildman–Crippen MR) is 61.7 cm³/mol. The number of hydrogen-bond donors (Lipinski definition) is 1. The number of aromatic nitrogens is 1. The van der Waals surface area contributed by atoms with E-state index < -0.39 is 0 Å². The molecule has 0 aliphatic rings. The van der Waals surface area contributed by atoms with Crippen LogP contribution in [0.2, 0.25) is 0 Å². The Morgan fingerprint density at radius 1 is 1.64 bits per heavy atom. The van der Waals surface area contributed by atoms with Crippen molar-refractivity contribution in [2.24, 2.45) is 0 Å². The molecular weight excluding hydrogens is 240 g/mol. The van der Waals surface area contributed by atoms with Crippen molar-refractivity contribution in [3.05, 3.63) is 28.5 Å².